The van der Waals surface area contributed by atoms with Crippen LogP contribution in [0.4, 0.5) is 0 Å². The molecular weight excluding hydrogens is 1160 g/mol. The summed E-state index contributed by atoms with van der Waals surface area (Å²) in [5, 5.41) is 1.91. The van der Waals surface area contributed by atoms with Crippen molar-refractivity contribution in [2.24, 2.45) is 0 Å². The Bertz CT molecular complexity index is 5110. The fraction of sp³-hybridized carbons (Fsp3) is 0.189. The van der Waals surface area contributed by atoms with Crippen LogP contribution >= 0.6 is 0 Å². The predicted molar refractivity (Wildman–Crippen MR) is 326 cm³/mol. The number of rotatable bonds is 6. The molecule has 1 aliphatic heterocycles. The van der Waals surface area contributed by atoms with Gasteiger partial charge in [-0.2, -0.15) is 18.2 Å². The summed E-state index contributed by atoms with van der Waals surface area (Å²) in [4.78, 5) is 4.86. The van der Waals surface area contributed by atoms with Crippen LogP contribution in [0.3, 0.4) is 0 Å². The number of nitrogens with zero attached hydrogens (tertiary/aromatic N) is 4. The van der Waals surface area contributed by atoms with Crippen molar-refractivity contribution in [3.8, 4) is 84.3 Å². The van der Waals surface area contributed by atoms with Crippen molar-refractivity contribution in [1.82, 2.24) is 14.1 Å². The van der Waals surface area contributed by atoms with E-state index >= 15 is 0 Å². The van der Waals surface area contributed by atoms with Gasteiger partial charge in [0, 0.05) is 52.5 Å². The molecule has 12 aromatic rings. The first-order valence-corrected chi connectivity index (χ1v) is 26.5. The molecule has 0 spiro atoms. The summed E-state index contributed by atoms with van der Waals surface area (Å²) in [6.45, 7) is 13.1. The number of ether oxygens (including phenoxy) is 1. The van der Waals surface area contributed by atoms with Gasteiger partial charge < -0.3 is 13.9 Å². The standard InChI is InChI=1S/C74H64N4O.Pt/c1-46-20-18-21-47(2)69(46)49-38-63-58-26-14-12-24-56(58)57-25-13-15-27-59(57)64-41-52(74(9,10)11)40-62(48-30-32-50(33-31-48)72(3,4)5)70(64)77-45-76(67(39-49)71(63)77)53-22-19-23-54(43-53)79-55-34-35-61-60-28-16-17-29-65(60)78(66(61)44-55)68-42-51(36-37-75-68)73(6,7)8;/h12-42H,1-11H3;/q-2;/i1D3,2D3,12D,13D,14D,15D,24D,25D,26D,27D;. The maximum absolute atomic E-state index is 10.1. The average Bonchev–Trinajstić information content (AvgIpc) is 1.43. The minimum atomic E-state index is -2.89. The van der Waals surface area contributed by atoms with Crippen LogP contribution in [0.2, 0.25) is 0 Å². The molecule has 398 valence electrons. The van der Waals surface area contributed by atoms with Gasteiger partial charge in [0.1, 0.15) is 5.82 Å². The van der Waals surface area contributed by atoms with E-state index in [1.54, 1.807) is 33.4 Å². The fourth-order valence-corrected chi connectivity index (χ4v) is 11.0. The van der Waals surface area contributed by atoms with E-state index in [1.165, 1.54) is 24.3 Å². The van der Waals surface area contributed by atoms with E-state index in [0.717, 1.165) is 33.0 Å². The fourth-order valence-electron chi connectivity index (χ4n) is 11.0. The predicted octanol–water partition coefficient (Wildman–Crippen LogP) is 18.7. The molecule has 0 radical (unpaired) electrons. The first-order valence-electron chi connectivity index (χ1n) is 33.5. The van der Waals surface area contributed by atoms with Crippen molar-refractivity contribution in [3.63, 3.8) is 0 Å². The number of aromatic nitrogens is 4. The van der Waals surface area contributed by atoms with Crippen molar-refractivity contribution in [3.05, 3.63) is 234 Å². The number of benzene rings is 9. The topological polar surface area (TPSA) is 35.9 Å². The Hall–Kier alpha value is -8.11. The Morgan fingerprint density at radius 3 is 1.82 bits per heavy atom. The second kappa shape index (κ2) is 19.6. The third kappa shape index (κ3) is 9.01. The Morgan fingerprint density at radius 1 is 0.525 bits per heavy atom. The molecule has 0 aliphatic carbocycles. The molecule has 6 heteroatoms. The van der Waals surface area contributed by atoms with Gasteiger partial charge in [0.05, 0.1) is 27.7 Å². The summed E-state index contributed by atoms with van der Waals surface area (Å²) in [7, 11) is 0. The molecule has 0 atom stereocenters. The molecule has 0 saturated heterocycles. The summed E-state index contributed by atoms with van der Waals surface area (Å²) in [5.41, 5.74) is 4.72. The van der Waals surface area contributed by atoms with Crippen LogP contribution in [0.5, 0.6) is 11.5 Å². The molecule has 0 saturated carbocycles. The van der Waals surface area contributed by atoms with Gasteiger partial charge in [-0.1, -0.05) is 195 Å². The van der Waals surface area contributed by atoms with Crippen LogP contribution in [0, 0.1) is 32.2 Å². The number of pyridine rings is 1. The number of imidazole rings is 1. The van der Waals surface area contributed by atoms with Gasteiger partial charge in [-0.15, -0.1) is 29.7 Å². The molecule has 4 heterocycles. The van der Waals surface area contributed by atoms with Crippen LogP contribution < -0.4 is 9.30 Å². The van der Waals surface area contributed by atoms with Crippen molar-refractivity contribution < 1.29 is 49.6 Å². The zero-order chi connectivity index (χ0) is 66.7. The van der Waals surface area contributed by atoms with Gasteiger partial charge in [0.25, 0.3) is 6.33 Å². The number of hydrogen-bond donors (Lipinski definition) is 0. The molecule has 0 bridgehead atoms. The van der Waals surface area contributed by atoms with E-state index < -0.39 is 67.5 Å². The Balaban J connectivity index is 0.00000848. The van der Waals surface area contributed by atoms with Gasteiger partial charge in [-0.25, -0.2) is 4.98 Å². The van der Waals surface area contributed by atoms with Crippen LogP contribution in [-0.2, 0) is 37.3 Å². The molecule has 0 N–H and O–H groups in total. The Labute approximate surface area is 505 Å². The second-order valence-electron chi connectivity index (χ2n) is 23.5. The third-order valence-electron chi connectivity index (χ3n) is 15.1. The molecule has 3 aromatic heterocycles. The van der Waals surface area contributed by atoms with Crippen LogP contribution in [0.25, 0.3) is 106 Å². The minimum Gasteiger partial charge on any atom is -0.510 e. The van der Waals surface area contributed by atoms with E-state index in [4.69, 9.17) is 17.9 Å². The van der Waals surface area contributed by atoms with E-state index in [-0.39, 0.29) is 104 Å². The number of para-hydroxylation sites is 1. The van der Waals surface area contributed by atoms with E-state index in [9.17, 15) is 11.0 Å². The molecular formula is C74H64N4OPt-2. The molecule has 5 nitrogen and oxygen atoms in total. The largest absolute Gasteiger partial charge is 0.510 e. The molecule has 80 heavy (non-hydrogen) atoms. The molecule has 0 unspecified atom stereocenters. The number of hydrogen-bond acceptors (Lipinski definition) is 2. The maximum atomic E-state index is 10.1. The smallest absolute Gasteiger partial charge is 0.268 e. The molecule has 13 rings (SSSR count). The van der Waals surface area contributed by atoms with Gasteiger partial charge >= 0.3 is 0 Å². The van der Waals surface area contributed by atoms with Crippen LogP contribution in [0.1, 0.15) is 109 Å². The van der Waals surface area contributed by atoms with Crippen molar-refractivity contribution >= 4 is 32.8 Å². The zero-order valence-corrected chi connectivity index (χ0v) is 48.1. The van der Waals surface area contributed by atoms with E-state index in [1.807, 2.05) is 99.8 Å². The first kappa shape index (κ1) is 38.5. The molecule has 1 aliphatic rings. The van der Waals surface area contributed by atoms with Crippen molar-refractivity contribution in [2.45, 2.75) is 92.3 Å². The normalized spacial score (nSPS) is 15.2. The van der Waals surface area contributed by atoms with Gasteiger partial charge in [-0.05, 0) is 149 Å². The maximum Gasteiger partial charge on any atom is 0.268 e. The first-order chi connectivity index (χ1) is 43.6. The third-order valence-corrected chi connectivity index (χ3v) is 15.1. The zero-order valence-electron chi connectivity index (χ0n) is 59.8. The van der Waals surface area contributed by atoms with Gasteiger partial charge in [-0.3, -0.25) is 4.57 Å². The quantitative estimate of drug-likeness (QED) is 0.123. The monoisotopic (exact) mass is 1230 g/mol. The minimum absolute atomic E-state index is 0. The van der Waals surface area contributed by atoms with E-state index in [0.29, 0.717) is 39.6 Å². The Morgan fingerprint density at radius 2 is 1.15 bits per heavy atom. The van der Waals surface area contributed by atoms with Crippen molar-refractivity contribution in [1.29, 1.82) is 0 Å². The van der Waals surface area contributed by atoms with E-state index in [2.05, 4.69) is 76.7 Å². The van der Waals surface area contributed by atoms with Crippen LogP contribution in [-0.4, -0.2) is 14.1 Å². The summed E-state index contributed by atoms with van der Waals surface area (Å²) in [6.07, 6.45) is 5.46. The summed E-state index contributed by atoms with van der Waals surface area (Å²) >= 11 is 0. The molecule has 9 aromatic carbocycles. The number of fused-ring (bicyclic) bond motifs is 10. The average molecular weight is 1230 g/mol. The number of aryl methyl sites for hydroxylation is 2. The van der Waals surface area contributed by atoms with Gasteiger partial charge in [0.15, 0.2) is 0 Å². The summed E-state index contributed by atoms with van der Waals surface area (Å²) in [5.74, 6) is 1.27. The Kier molecular flexibility index (Phi) is 9.43. The second-order valence-corrected chi connectivity index (χ2v) is 23.5. The summed E-state index contributed by atoms with van der Waals surface area (Å²) < 4.78 is 143. The van der Waals surface area contributed by atoms with Gasteiger partial charge in [0.2, 0.25) is 0 Å². The van der Waals surface area contributed by atoms with Crippen LogP contribution in [0.15, 0.2) is 188 Å². The molecule has 0 fully saturated rings. The SMILES string of the molecule is [2H]c1c([2H])c([2H])c2c(c1[2H])-c1cc(C(C)(C)C)cc(-c3ccc(C(C)(C)C)cc3)c1-[n+]1[c-]n(-c3[c-]c(Oc4[c-]c5c(cc4)c4ccccc4n5-c4cc(C(C)(C)C)ccn4)ccc3)c3cc(-c4c(C([2H])([2H])[2H])cccc4C([2H])([2H])[2H])cc(c31)-c1c([2H])c([2H])c([2H])c([2H])c1-2.[Pt]. The molecule has 0 amide bonds. The van der Waals surface area contributed by atoms with Crippen molar-refractivity contribution in [2.75, 3.05) is 0 Å². The summed E-state index contributed by atoms with van der Waals surface area (Å²) in [6, 6.07) is 42.6.